The second-order valence-electron chi connectivity index (χ2n) is 6.78. The SMILES string of the molecule is CCOCCOCCOOC(=O)c1cc([N+](=O)[O-])cc([N+](=O)[O-])c1C1CCCCC1. The van der Waals surface area contributed by atoms with E-state index >= 15 is 0 Å². The molecule has 0 saturated heterocycles. The fraction of sp³-hybridized carbons (Fsp3) is 0.632. The molecule has 0 aliphatic heterocycles. The Labute approximate surface area is 173 Å². The molecular formula is C19H26N2O9. The highest BCUT2D eigenvalue weighted by molar-refractivity contribution is 5.93. The lowest BCUT2D eigenvalue weighted by Crippen LogP contribution is -2.17. The summed E-state index contributed by atoms with van der Waals surface area (Å²) in [6, 6.07) is 1.91. The van der Waals surface area contributed by atoms with Crippen LogP contribution in [0.1, 0.15) is 60.9 Å². The van der Waals surface area contributed by atoms with E-state index in [2.05, 4.69) is 0 Å². The van der Waals surface area contributed by atoms with Crippen LogP contribution >= 0.6 is 0 Å². The monoisotopic (exact) mass is 426 g/mol. The van der Waals surface area contributed by atoms with Gasteiger partial charge in [-0.25, -0.2) is 4.79 Å². The lowest BCUT2D eigenvalue weighted by molar-refractivity contribution is -0.394. The lowest BCUT2D eigenvalue weighted by Gasteiger charge is -2.23. The van der Waals surface area contributed by atoms with Gasteiger partial charge in [0, 0.05) is 18.2 Å². The number of benzene rings is 1. The van der Waals surface area contributed by atoms with Crippen molar-refractivity contribution in [3.8, 4) is 0 Å². The number of nitro groups is 2. The molecule has 0 spiro atoms. The molecule has 11 nitrogen and oxygen atoms in total. The molecule has 0 aromatic heterocycles. The van der Waals surface area contributed by atoms with Crippen LogP contribution < -0.4 is 0 Å². The van der Waals surface area contributed by atoms with E-state index in [9.17, 15) is 25.0 Å². The fourth-order valence-corrected chi connectivity index (χ4v) is 3.47. The topological polar surface area (TPSA) is 140 Å². The summed E-state index contributed by atoms with van der Waals surface area (Å²) in [5.41, 5.74) is -1.03. The van der Waals surface area contributed by atoms with Crippen LogP contribution in [0, 0.1) is 20.2 Å². The number of ether oxygens (including phenoxy) is 2. The lowest BCUT2D eigenvalue weighted by atomic mass is 9.81. The van der Waals surface area contributed by atoms with Gasteiger partial charge in [0.2, 0.25) is 0 Å². The predicted molar refractivity (Wildman–Crippen MR) is 104 cm³/mol. The Morgan fingerprint density at radius 3 is 2.30 bits per heavy atom. The first kappa shape index (κ1) is 23.6. The van der Waals surface area contributed by atoms with Crippen LogP contribution in [0.2, 0.25) is 0 Å². The Hall–Kier alpha value is -2.63. The molecule has 2 rings (SSSR count). The molecule has 0 bridgehead atoms. The summed E-state index contributed by atoms with van der Waals surface area (Å²) in [5, 5.41) is 22.8. The van der Waals surface area contributed by atoms with Gasteiger partial charge >= 0.3 is 5.97 Å². The van der Waals surface area contributed by atoms with Crippen molar-refractivity contribution in [1.82, 2.24) is 0 Å². The summed E-state index contributed by atoms with van der Waals surface area (Å²) in [5.74, 6) is -1.25. The average molecular weight is 426 g/mol. The largest absolute Gasteiger partial charge is 0.379 e. The number of hydrogen-bond acceptors (Lipinski definition) is 9. The van der Waals surface area contributed by atoms with Crippen molar-refractivity contribution in [3.63, 3.8) is 0 Å². The number of nitro benzene ring substituents is 2. The van der Waals surface area contributed by atoms with E-state index in [0.717, 1.165) is 31.4 Å². The van der Waals surface area contributed by atoms with Gasteiger partial charge in [-0.15, -0.1) is 0 Å². The molecule has 1 aliphatic carbocycles. The van der Waals surface area contributed by atoms with Crippen molar-refractivity contribution in [1.29, 1.82) is 0 Å². The van der Waals surface area contributed by atoms with Gasteiger partial charge in [-0.05, 0) is 25.7 Å². The van der Waals surface area contributed by atoms with Gasteiger partial charge in [0.25, 0.3) is 11.4 Å². The highest BCUT2D eigenvalue weighted by atomic mass is 17.2. The minimum absolute atomic E-state index is 0.0619. The predicted octanol–water partition coefficient (Wildman–Crippen LogP) is 3.69. The van der Waals surface area contributed by atoms with E-state index in [1.165, 1.54) is 0 Å². The highest BCUT2D eigenvalue weighted by Crippen LogP contribution is 2.41. The molecule has 1 aliphatic rings. The van der Waals surface area contributed by atoms with Crippen molar-refractivity contribution >= 4 is 17.3 Å². The second kappa shape index (κ2) is 12.2. The Balaban J connectivity index is 2.14. The molecule has 1 aromatic carbocycles. The molecule has 0 heterocycles. The summed E-state index contributed by atoms with van der Waals surface area (Å²) < 4.78 is 10.3. The minimum Gasteiger partial charge on any atom is -0.379 e. The zero-order valence-corrected chi connectivity index (χ0v) is 16.9. The third-order valence-corrected chi connectivity index (χ3v) is 4.81. The van der Waals surface area contributed by atoms with E-state index in [1.807, 2.05) is 6.92 Å². The molecule has 0 atom stereocenters. The summed E-state index contributed by atoms with van der Waals surface area (Å²) in [6.45, 7) is 3.31. The van der Waals surface area contributed by atoms with E-state index in [4.69, 9.17) is 19.2 Å². The number of carbonyl (C=O) groups is 1. The van der Waals surface area contributed by atoms with Gasteiger partial charge in [0.1, 0.15) is 6.61 Å². The van der Waals surface area contributed by atoms with E-state index in [0.29, 0.717) is 32.7 Å². The molecule has 1 aromatic rings. The number of hydrogen-bond donors (Lipinski definition) is 0. The van der Waals surface area contributed by atoms with Crippen molar-refractivity contribution in [2.45, 2.75) is 44.9 Å². The molecule has 30 heavy (non-hydrogen) atoms. The van der Waals surface area contributed by atoms with Gasteiger partial charge < -0.3 is 9.47 Å². The van der Waals surface area contributed by atoms with Crippen LogP contribution in [0.4, 0.5) is 11.4 Å². The first-order valence-electron chi connectivity index (χ1n) is 9.91. The maximum atomic E-state index is 12.6. The Morgan fingerprint density at radius 2 is 1.67 bits per heavy atom. The minimum atomic E-state index is -1.00. The molecule has 0 unspecified atom stereocenters. The van der Waals surface area contributed by atoms with Gasteiger partial charge in [-0.3, -0.25) is 25.1 Å². The first-order valence-corrected chi connectivity index (χ1v) is 9.91. The molecule has 0 radical (unpaired) electrons. The molecule has 0 amide bonds. The maximum absolute atomic E-state index is 12.6. The number of carbonyl (C=O) groups excluding carboxylic acids is 1. The van der Waals surface area contributed by atoms with E-state index in [1.54, 1.807) is 0 Å². The quantitative estimate of drug-likeness (QED) is 0.212. The molecule has 0 N–H and O–H groups in total. The summed E-state index contributed by atoms with van der Waals surface area (Å²) in [6.07, 6.45) is 4.05. The molecule has 1 fully saturated rings. The normalized spacial score (nSPS) is 14.4. The number of rotatable bonds is 12. The van der Waals surface area contributed by atoms with Crippen LogP contribution in [0.3, 0.4) is 0 Å². The zero-order chi connectivity index (χ0) is 21.9. The summed E-state index contributed by atoms with van der Waals surface area (Å²) in [4.78, 5) is 43.5. The van der Waals surface area contributed by atoms with Crippen molar-refractivity contribution in [2.75, 3.05) is 33.0 Å². The third kappa shape index (κ3) is 6.71. The molecular weight excluding hydrogens is 400 g/mol. The summed E-state index contributed by atoms with van der Waals surface area (Å²) in [7, 11) is 0. The van der Waals surface area contributed by atoms with Crippen molar-refractivity contribution in [3.05, 3.63) is 43.5 Å². The number of nitrogens with zero attached hydrogens (tertiary/aromatic N) is 2. The van der Waals surface area contributed by atoms with E-state index < -0.39 is 27.2 Å². The molecule has 11 heteroatoms. The zero-order valence-electron chi connectivity index (χ0n) is 16.9. The Bertz CT molecular complexity index is 748. The highest BCUT2D eigenvalue weighted by Gasteiger charge is 2.33. The van der Waals surface area contributed by atoms with Crippen LogP contribution in [0.25, 0.3) is 0 Å². The smallest absolute Gasteiger partial charge is 0.373 e. The Kier molecular flexibility index (Phi) is 9.58. The van der Waals surface area contributed by atoms with Gasteiger partial charge in [0.15, 0.2) is 0 Å². The van der Waals surface area contributed by atoms with Gasteiger partial charge in [-0.1, -0.05) is 19.3 Å². The fourth-order valence-electron chi connectivity index (χ4n) is 3.47. The van der Waals surface area contributed by atoms with Crippen LogP contribution in [-0.4, -0.2) is 48.9 Å². The van der Waals surface area contributed by atoms with Gasteiger partial charge in [0.05, 0.1) is 41.3 Å². The van der Waals surface area contributed by atoms with E-state index in [-0.39, 0.29) is 30.3 Å². The van der Waals surface area contributed by atoms with Crippen molar-refractivity contribution in [2.24, 2.45) is 0 Å². The standard InChI is InChI=1S/C19H26N2O9/c1-2-27-8-9-28-10-11-29-30-19(22)16-12-15(20(23)24)13-17(21(25)26)18(16)14-6-4-3-5-7-14/h12-14H,2-11H2,1H3. The van der Waals surface area contributed by atoms with Crippen LogP contribution in [0.5, 0.6) is 0 Å². The number of non-ortho nitro benzene ring substituents is 1. The second-order valence-corrected chi connectivity index (χ2v) is 6.78. The van der Waals surface area contributed by atoms with Crippen LogP contribution in [-0.2, 0) is 19.2 Å². The maximum Gasteiger partial charge on any atom is 0.373 e. The average Bonchev–Trinajstić information content (AvgIpc) is 2.75. The van der Waals surface area contributed by atoms with Gasteiger partial charge in [-0.2, -0.15) is 4.89 Å². The first-order chi connectivity index (χ1) is 14.5. The summed E-state index contributed by atoms with van der Waals surface area (Å²) >= 11 is 0. The molecule has 1 saturated carbocycles. The Morgan fingerprint density at radius 1 is 1.00 bits per heavy atom. The third-order valence-electron chi connectivity index (χ3n) is 4.81. The molecule has 166 valence electrons. The van der Waals surface area contributed by atoms with Crippen molar-refractivity contribution < 1.29 is 33.9 Å². The van der Waals surface area contributed by atoms with Crippen LogP contribution in [0.15, 0.2) is 12.1 Å².